The Hall–Kier alpha value is -0.910. The van der Waals surface area contributed by atoms with Crippen molar-refractivity contribution in [2.45, 2.75) is 33.7 Å². The molecule has 0 fully saturated rings. The van der Waals surface area contributed by atoms with E-state index in [1.165, 1.54) is 4.88 Å². The number of aromatic nitrogens is 2. The lowest BCUT2D eigenvalue weighted by Crippen LogP contribution is -2.35. The third-order valence-corrected chi connectivity index (χ3v) is 4.41. The van der Waals surface area contributed by atoms with Gasteiger partial charge in [-0.15, -0.1) is 11.3 Å². The number of likely N-dealkylation sites (N-methyl/N-ethyl adjacent to an activating group) is 1. The van der Waals surface area contributed by atoms with Crippen LogP contribution in [0.1, 0.15) is 25.6 Å². The van der Waals surface area contributed by atoms with Gasteiger partial charge in [0.05, 0.1) is 5.39 Å². The zero-order valence-electron chi connectivity index (χ0n) is 12.4. The van der Waals surface area contributed by atoms with Crippen molar-refractivity contribution in [3.8, 4) is 0 Å². The van der Waals surface area contributed by atoms with E-state index in [2.05, 4.69) is 53.9 Å². The fourth-order valence-electron chi connectivity index (χ4n) is 2.27. The number of aryl methyl sites for hydroxylation is 1. The van der Waals surface area contributed by atoms with Crippen molar-refractivity contribution in [3.05, 3.63) is 16.2 Å². The van der Waals surface area contributed by atoms with E-state index >= 15 is 0 Å². The number of anilines is 1. The van der Waals surface area contributed by atoms with Gasteiger partial charge in [0.25, 0.3) is 0 Å². The number of hydrogen-bond acceptors (Lipinski definition) is 5. The Bertz CT molecular complexity index is 580. The van der Waals surface area contributed by atoms with Gasteiger partial charge >= 0.3 is 0 Å². The smallest absolute Gasteiger partial charge is 0.225 e. The number of nitrogens with zero attached hydrogens (tertiary/aromatic N) is 3. The second-order valence-corrected chi connectivity index (χ2v) is 6.52. The molecule has 2 aromatic heterocycles. The van der Waals surface area contributed by atoms with Crippen LogP contribution in [0.3, 0.4) is 0 Å². The zero-order chi connectivity index (χ0) is 14.7. The van der Waals surface area contributed by atoms with Crippen molar-refractivity contribution in [1.82, 2.24) is 14.9 Å². The zero-order valence-corrected chi connectivity index (χ0v) is 14.0. The number of hydrogen-bond donors (Lipinski definition) is 1. The first-order chi connectivity index (χ1) is 9.53. The van der Waals surface area contributed by atoms with Crippen LogP contribution in [-0.4, -0.2) is 40.5 Å². The lowest BCUT2D eigenvalue weighted by Gasteiger charge is -2.23. The van der Waals surface area contributed by atoms with E-state index in [9.17, 15) is 0 Å². The molecule has 1 atom stereocenters. The average Bonchev–Trinajstić information content (AvgIpc) is 2.76. The maximum absolute atomic E-state index is 6.01. The molecule has 0 aliphatic heterocycles. The molecule has 0 aromatic carbocycles. The summed E-state index contributed by atoms with van der Waals surface area (Å²) in [5.74, 6) is 0.837. The molecule has 0 spiro atoms. The van der Waals surface area contributed by atoms with E-state index in [0.29, 0.717) is 11.3 Å². The summed E-state index contributed by atoms with van der Waals surface area (Å²) in [5, 5.41) is 4.83. The van der Waals surface area contributed by atoms with Gasteiger partial charge in [-0.25, -0.2) is 9.97 Å². The van der Waals surface area contributed by atoms with E-state index in [-0.39, 0.29) is 0 Å². The summed E-state index contributed by atoms with van der Waals surface area (Å²) in [6, 6.07) is 2.42. The van der Waals surface area contributed by atoms with E-state index in [4.69, 9.17) is 11.6 Å². The highest BCUT2D eigenvalue weighted by Crippen LogP contribution is 2.29. The number of nitrogens with one attached hydrogen (secondary N) is 1. The second kappa shape index (κ2) is 6.70. The Labute approximate surface area is 129 Å². The van der Waals surface area contributed by atoms with E-state index in [1.807, 2.05) is 0 Å². The lowest BCUT2D eigenvalue weighted by atomic mass is 10.2. The Kier molecular flexibility index (Phi) is 5.18. The predicted octanol–water partition coefficient (Wildman–Crippen LogP) is 3.80. The minimum Gasteiger partial charge on any atom is -0.366 e. The highest BCUT2D eigenvalue weighted by molar-refractivity contribution is 7.18. The van der Waals surface area contributed by atoms with Crippen LogP contribution in [0.15, 0.2) is 6.07 Å². The Balaban J connectivity index is 2.20. The predicted molar refractivity (Wildman–Crippen MR) is 88.0 cm³/mol. The third kappa shape index (κ3) is 3.59. The minimum absolute atomic E-state index is 0.303. The molecule has 0 saturated carbocycles. The first-order valence-corrected chi connectivity index (χ1v) is 8.15. The summed E-state index contributed by atoms with van der Waals surface area (Å²) < 4.78 is 0. The average molecular weight is 313 g/mol. The minimum atomic E-state index is 0.303. The van der Waals surface area contributed by atoms with Crippen molar-refractivity contribution in [2.24, 2.45) is 0 Å². The normalized spacial score (nSPS) is 13.1. The summed E-state index contributed by atoms with van der Waals surface area (Å²) in [7, 11) is 0. The molecule has 0 aliphatic rings. The van der Waals surface area contributed by atoms with E-state index < -0.39 is 0 Å². The fraction of sp³-hybridized carbons (Fsp3) is 0.571. The molecule has 0 amide bonds. The van der Waals surface area contributed by atoms with Gasteiger partial charge in [0.1, 0.15) is 10.6 Å². The lowest BCUT2D eigenvalue weighted by molar-refractivity contribution is 0.294. The monoisotopic (exact) mass is 312 g/mol. The molecule has 0 bridgehead atoms. The largest absolute Gasteiger partial charge is 0.366 e. The topological polar surface area (TPSA) is 41.0 Å². The molecule has 110 valence electrons. The molecular weight excluding hydrogens is 292 g/mol. The molecule has 1 N–H and O–H groups in total. The summed E-state index contributed by atoms with van der Waals surface area (Å²) in [4.78, 5) is 13.2. The van der Waals surface area contributed by atoms with Crippen molar-refractivity contribution >= 4 is 39.0 Å². The summed E-state index contributed by atoms with van der Waals surface area (Å²) >= 11 is 7.66. The fourth-order valence-corrected chi connectivity index (χ4v) is 3.37. The van der Waals surface area contributed by atoms with Crippen LogP contribution in [0.2, 0.25) is 5.28 Å². The third-order valence-electron chi connectivity index (χ3n) is 3.30. The number of halogens is 1. The van der Waals surface area contributed by atoms with Gasteiger partial charge in [-0.3, -0.25) is 0 Å². The van der Waals surface area contributed by atoms with Gasteiger partial charge < -0.3 is 10.2 Å². The van der Waals surface area contributed by atoms with Gasteiger partial charge in [0.2, 0.25) is 5.28 Å². The van der Waals surface area contributed by atoms with Crippen molar-refractivity contribution < 1.29 is 0 Å². The molecule has 2 rings (SSSR count). The maximum Gasteiger partial charge on any atom is 0.225 e. The van der Waals surface area contributed by atoms with E-state index in [1.54, 1.807) is 11.3 Å². The Morgan fingerprint density at radius 2 is 2.05 bits per heavy atom. The van der Waals surface area contributed by atoms with Gasteiger partial charge in [-0.1, -0.05) is 13.8 Å². The first-order valence-electron chi connectivity index (χ1n) is 6.96. The van der Waals surface area contributed by atoms with Crippen LogP contribution in [0, 0.1) is 6.92 Å². The number of fused-ring (bicyclic) bond motifs is 1. The van der Waals surface area contributed by atoms with Crippen LogP contribution >= 0.6 is 22.9 Å². The van der Waals surface area contributed by atoms with Crippen LogP contribution < -0.4 is 5.32 Å². The Morgan fingerprint density at radius 1 is 1.35 bits per heavy atom. The van der Waals surface area contributed by atoms with Crippen molar-refractivity contribution in [3.63, 3.8) is 0 Å². The second-order valence-electron chi connectivity index (χ2n) is 4.95. The molecule has 0 saturated heterocycles. The molecule has 4 nitrogen and oxygen atoms in total. The molecule has 2 aromatic rings. The molecule has 6 heteroatoms. The molecule has 20 heavy (non-hydrogen) atoms. The number of rotatable bonds is 6. The highest BCUT2D eigenvalue weighted by Gasteiger charge is 2.13. The van der Waals surface area contributed by atoms with Gasteiger partial charge in [0.15, 0.2) is 0 Å². The van der Waals surface area contributed by atoms with Gasteiger partial charge in [-0.05, 0) is 44.6 Å². The molecular formula is C14H21ClN4S. The summed E-state index contributed by atoms with van der Waals surface area (Å²) in [5.41, 5.74) is 0. The van der Waals surface area contributed by atoms with Crippen LogP contribution in [0.25, 0.3) is 10.2 Å². The van der Waals surface area contributed by atoms with Crippen molar-refractivity contribution in [2.75, 3.05) is 25.0 Å². The molecule has 1 unspecified atom stereocenters. The molecule has 0 radical (unpaired) electrons. The molecule has 0 aliphatic carbocycles. The van der Waals surface area contributed by atoms with Crippen LogP contribution in [0.5, 0.6) is 0 Å². The van der Waals surface area contributed by atoms with E-state index in [0.717, 1.165) is 35.7 Å². The standard InChI is InChI=1S/C14H21ClN4S/c1-5-19(6-2)8-9(3)16-12-11-7-10(4)20-13(11)18-14(15)17-12/h7,9H,5-6,8H2,1-4H3,(H,16,17,18). The molecule has 2 heterocycles. The highest BCUT2D eigenvalue weighted by atomic mass is 35.5. The Morgan fingerprint density at radius 3 is 2.70 bits per heavy atom. The maximum atomic E-state index is 6.01. The van der Waals surface area contributed by atoms with Crippen LogP contribution in [-0.2, 0) is 0 Å². The summed E-state index contributed by atoms with van der Waals surface area (Å²) in [6.45, 7) is 11.7. The quantitative estimate of drug-likeness (QED) is 0.824. The van der Waals surface area contributed by atoms with Crippen molar-refractivity contribution in [1.29, 1.82) is 0 Å². The van der Waals surface area contributed by atoms with Gasteiger partial charge in [-0.2, -0.15) is 0 Å². The first kappa shape index (κ1) is 15.5. The number of thiophene rings is 1. The SMILES string of the molecule is CCN(CC)CC(C)Nc1nc(Cl)nc2sc(C)cc12. The summed E-state index contributed by atoms with van der Waals surface area (Å²) in [6.07, 6.45) is 0. The van der Waals surface area contributed by atoms with Gasteiger partial charge in [0, 0.05) is 17.5 Å². The van der Waals surface area contributed by atoms with Crippen LogP contribution in [0.4, 0.5) is 5.82 Å².